The molecule has 5 heteroatoms. The van der Waals surface area contributed by atoms with E-state index in [-0.39, 0.29) is 0 Å². The molecule has 29 heavy (non-hydrogen) atoms. The van der Waals surface area contributed by atoms with Gasteiger partial charge in [0, 0.05) is 41.2 Å². The molecule has 3 aromatic heterocycles. The van der Waals surface area contributed by atoms with Gasteiger partial charge in [-0.15, -0.1) is 0 Å². The molecule has 0 amide bonds. The topological polar surface area (TPSA) is 46.6 Å². The molecular formula is C24H26N4O. The molecule has 2 aliphatic rings. The second-order valence-corrected chi connectivity index (χ2v) is 8.46. The van der Waals surface area contributed by atoms with Gasteiger partial charge >= 0.3 is 0 Å². The van der Waals surface area contributed by atoms with Gasteiger partial charge in [0.2, 0.25) is 0 Å². The van der Waals surface area contributed by atoms with Crippen molar-refractivity contribution in [3.05, 3.63) is 53.5 Å². The Hall–Kier alpha value is -2.66. The highest BCUT2D eigenvalue weighted by Crippen LogP contribution is 2.33. The Morgan fingerprint density at radius 2 is 1.86 bits per heavy atom. The number of aromatic nitrogens is 3. The second-order valence-electron chi connectivity index (χ2n) is 8.46. The summed E-state index contributed by atoms with van der Waals surface area (Å²) < 4.78 is 8.16. The Balaban J connectivity index is 1.39. The lowest BCUT2D eigenvalue weighted by Gasteiger charge is -2.19. The SMILES string of the molecule is c1cc2nc3c(c(-c4ccc5oc(CCN6CCCC6)cc5c4)n2n1)CCCC3. The third-order valence-electron chi connectivity index (χ3n) is 6.52. The maximum absolute atomic E-state index is 6.14. The van der Waals surface area contributed by atoms with E-state index >= 15 is 0 Å². The van der Waals surface area contributed by atoms with Crippen LogP contribution in [0.1, 0.15) is 42.7 Å². The first-order valence-electron chi connectivity index (χ1n) is 11.0. The standard InChI is InChI=1S/C24H26N4O/c1-2-6-21-20(5-1)24(28-23(26-21)9-11-25-28)17-7-8-22-18(15-17)16-19(29-22)10-14-27-12-3-4-13-27/h7-9,11,15-16H,1-6,10,12-14H2. The van der Waals surface area contributed by atoms with Crippen LogP contribution < -0.4 is 0 Å². The number of fused-ring (bicyclic) bond motifs is 3. The summed E-state index contributed by atoms with van der Waals surface area (Å²) in [6.45, 7) is 3.56. The highest BCUT2D eigenvalue weighted by Gasteiger charge is 2.21. The number of furan rings is 1. The number of hydrogen-bond acceptors (Lipinski definition) is 4. The van der Waals surface area contributed by atoms with Gasteiger partial charge in [-0.3, -0.25) is 0 Å². The first kappa shape index (κ1) is 17.2. The van der Waals surface area contributed by atoms with Crippen molar-refractivity contribution in [3.63, 3.8) is 0 Å². The fourth-order valence-electron chi connectivity index (χ4n) is 5.03. The summed E-state index contributed by atoms with van der Waals surface area (Å²) in [5, 5.41) is 5.77. The van der Waals surface area contributed by atoms with Gasteiger partial charge in [-0.2, -0.15) is 5.10 Å². The van der Waals surface area contributed by atoms with Crippen LogP contribution in [0.5, 0.6) is 0 Å². The zero-order valence-electron chi connectivity index (χ0n) is 16.7. The molecule has 1 saturated heterocycles. The molecule has 5 nitrogen and oxygen atoms in total. The van der Waals surface area contributed by atoms with Crippen molar-refractivity contribution in [1.29, 1.82) is 0 Å². The van der Waals surface area contributed by atoms with Gasteiger partial charge in [-0.1, -0.05) is 0 Å². The summed E-state index contributed by atoms with van der Waals surface area (Å²) in [7, 11) is 0. The van der Waals surface area contributed by atoms with Crippen molar-refractivity contribution >= 4 is 16.6 Å². The molecule has 0 unspecified atom stereocenters. The molecule has 4 aromatic rings. The minimum atomic E-state index is 0.944. The van der Waals surface area contributed by atoms with Crippen LogP contribution in [0.25, 0.3) is 27.9 Å². The fourth-order valence-corrected chi connectivity index (χ4v) is 5.03. The molecule has 0 saturated carbocycles. The molecule has 148 valence electrons. The number of hydrogen-bond donors (Lipinski definition) is 0. The van der Waals surface area contributed by atoms with Crippen LogP contribution in [-0.2, 0) is 19.3 Å². The Morgan fingerprint density at radius 3 is 2.79 bits per heavy atom. The van der Waals surface area contributed by atoms with Gasteiger partial charge in [0.15, 0.2) is 5.65 Å². The maximum Gasteiger partial charge on any atom is 0.155 e. The summed E-state index contributed by atoms with van der Waals surface area (Å²) in [6.07, 6.45) is 10.1. The van der Waals surface area contributed by atoms with Crippen LogP contribution in [-0.4, -0.2) is 39.1 Å². The largest absolute Gasteiger partial charge is 0.461 e. The van der Waals surface area contributed by atoms with Gasteiger partial charge in [0.1, 0.15) is 11.3 Å². The monoisotopic (exact) mass is 386 g/mol. The minimum Gasteiger partial charge on any atom is -0.461 e. The average Bonchev–Trinajstić information content (AvgIpc) is 3.50. The first-order valence-corrected chi connectivity index (χ1v) is 11.0. The van der Waals surface area contributed by atoms with Gasteiger partial charge in [0.05, 0.1) is 11.9 Å². The van der Waals surface area contributed by atoms with Gasteiger partial charge in [-0.25, -0.2) is 9.50 Å². The fraction of sp³-hybridized carbons (Fsp3) is 0.417. The van der Waals surface area contributed by atoms with E-state index in [1.165, 1.54) is 66.7 Å². The summed E-state index contributed by atoms with van der Waals surface area (Å²) in [4.78, 5) is 7.41. The molecule has 0 radical (unpaired) electrons. The van der Waals surface area contributed by atoms with Crippen LogP contribution in [0.15, 0.2) is 40.9 Å². The molecular weight excluding hydrogens is 360 g/mol. The van der Waals surface area contributed by atoms with Crippen LogP contribution in [0.3, 0.4) is 0 Å². The molecule has 1 aliphatic heterocycles. The van der Waals surface area contributed by atoms with Crippen LogP contribution in [0, 0.1) is 0 Å². The van der Waals surface area contributed by atoms with E-state index < -0.39 is 0 Å². The molecule has 0 spiro atoms. The predicted molar refractivity (Wildman–Crippen MR) is 114 cm³/mol. The predicted octanol–water partition coefficient (Wildman–Crippen LogP) is 4.66. The number of likely N-dealkylation sites (tertiary alicyclic amines) is 1. The summed E-state index contributed by atoms with van der Waals surface area (Å²) in [5.74, 6) is 1.09. The molecule has 0 bridgehead atoms. The van der Waals surface area contributed by atoms with Crippen molar-refractivity contribution in [2.24, 2.45) is 0 Å². The molecule has 0 atom stereocenters. The smallest absolute Gasteiger partial charge is 0.155 e. The van der Waals surface area contributed by atoms with Gasteiger partial charge < -0.3 is 9.32 Å². The summed E-state index contributed by atoms with van der Waals surface area (Å²) in [5.41, 5.74) is 6.95. The molecule has 4 heterocycles. The molecule has 1 fully saturated rings. The number of aryl methyl sites for hydroxylation is 1. The van der Waals surface area contributed by atoms with Crippen LogP contribution in [0.2, 0.25) is 0 Å². The van der Waals surface area contributed by atoms with Gasteiger partial charge in [-0.05, 0) is 75.9 Å². The minimum absolute atomic E-state index is 0.944. The summed E-state index contributed by atoms with van der Waals surface area (Å²) in [6, 6.07) is 10.8. The lowest BCUT2D eigenvalue weighted by Crippen LogP contribution is -2.21. The highest BCUT2D eigenvalue weighted by atomic mass is 16.3. The molecule has 0 N–H and O–H groups in total. The van der Waals surface area contributed by atoms with Crippen molar-refractivity contribution < 1.29 is 4.42 Å². The third kappa shape index (κ3) is 3.04. The number of benzene rings is 1. The highest BCUT2D eigenvalue weighted by molar-refractivity contribution is 5.84. The quantitative estimate of drug-likeness (QED) is 0.512. The Bertz CT molecular complexity index is 1180. The van der Waals surface area contributed by atoms with Gasteiger partial charge in [0.25, 0.3) is 0 Å². The van der Waals surface area contributed by atoms with Crippen molar-refractivity contribution in [1.82, 2.24) is 19.5 Å². The van der Waals surface area contributed by atoms with Crippen molar-refractivity contribution in [2.75, 3.05) is 19.6 Å². The van der Waals surface area contributed by atoms with E-state index in [1.807, 2.05) is 16.8 Å². The van der Waals surface area contributed by atoms with Crippen LogP contribution >= 0.6 is 0 Å². The van der Waals surface area contributed by atoms with Crippen molar-refractivity contribution in [3.8, 4) is 11.3 Å². The molecule has 1 aliphatic carbocycles. The van der Waals surface area contributed by atoms with Crippen LogP contribution in [0.4, 0.5) is 0 Å². The first-order chi connectivity index (χ1) is 14.3. The zero-order chi connectivity index (χ0) is 19.2. The van der Waals surface area contributed by atoms with E-state index in [4.69, 9.17) is 9.40 Å². The normalized spacial score (nSPS) is 17.4. The Morgan fingerprint density at radius 1 is 0.966 bits per heavy atom. The number of nitrogens with zero attached hydrogens (tertiary/aromatic N) is 4. The zero-order valence-corrected chi connectivity index (χ0v) is 16.7. The molecule has 1 aromatic carbocycles. The van der Waals surface area contributed by atoms with E-state index in [0.717, 1.165) is 42.8 Å². The van der Waals surface area contributed by atoms with E-state index in [9.17, 15) is 0 Å². The second kappa shape index (κ2) is 6.99. The van der Waals surface area contributed by atoms with E-state index in [0.29, 0.717) is 0 Å². The summed E-state index contributed by atoms with van der Waals surface area (Å²) >= 11 is 0. The Labute approximate surface area is 170 Å². The number of rotatable bonds is 4. The average molecular weight is 386 g/mol. The van der Waals surface area contributed by atoms with Crippen molar-refractivity contribution in [2.45, 2.75) is 44.9 Å². The maximum atomic E-state index is 6.14. The van der Waals surface area contributed by atoms with E-state index in [2.05, 4.69) is 34.3 Å². The lowest BCUT2D eigenvalue weighted by molar-refractivity contribution is 0.333. The third-order valence-corrected chi connectivity index (χ3v) is 6.52. The Kier molecular flexibility index (Phi) is 4.15. The lowest BCUT2D eigenvalue weighted by atomic mass is 9.92. The molecule has 6 rings (SSSR count). The van der Waals surface area contributed by atoms with E-state index in [1.54, 1.807) is 0 Å².